The second-order valence-electron chi connectivity index (χ2n) is 4.77. The molecule has 0 bridgehead atoms. The molecule has 0 radical (unpaired) electrons. The third-order valence-corrected chi connectivity index (χ3v) is 6.61. The molecule has 4 heterocycles. The average Bonchev–Trinajstić information content (AvgIpc) is 3.20. The summed E-state index contributed by atoms with van der Waals surface area (Å²) in [7, 11) is 0. The summed E-state index contributed by atoms with van der Waals surface area (Å²) in [5, 5.41) is 3.87. The Bertz CT molecular complexity index is 828. The second kappa shape index (κ2) is 5.86. The number of fused-ring (bicyclic) bond motifs is 2. The van der Waals surface area contributed by atoms with E-state index in [1.807, 2.05) is 11.4 Å². The Labute approximate surface area is 139 Å². The second-order valence-corrected chi connectivity index (χ2v) is 7.90. The lowest BCUT2D eigenvalue weighted by molar-refractivity contribution is -0.120. The molecule has 112 valence electrons. The van der Waals surface area contributed by atoms with E-state index in [1.165, 1.54) is 11.2 Å². The molecule has 0 fully saturated rings. The van der Waals surface area contributed by atoms with Crippen LogP contribution >= 0.6 is 34.4 Å². The molecule has 1 unspecified atom stereocenters. The van der Waals surface area contributed by atoms with Crippen LogP contribution in [-0.2, 0) is 11.2 Å². The molecule has 3 aromatic rings. The highest BCUT2D eigenvalue weighted by atomic mass is 32.2. The zero-order chi connectivity index (χ0) is 14.9. The number of carbonyl (C=O) groups excluding carboxylic acids is 1. The van der Waals surface area contributed by atoms with Crippen molar-refractivity contribution in [3.05, 3.63) is 39.7 Å². The molecule has 3 aromatic heterocycles. The van der Waals surface area contributed by atoms with Crippen LogP contribution in [0, 0.1) is 0 Å². The minimum absolute atomic E-state index is 0.0346. The number of hydrogen-bond donors (Lipinski definition) is 2. The van der Waals surface area contributed by atoms with Gasteiger partial charge in [0, 0.05) is 4.88 Å². The zero-order valence-electron chi connectivity index (χ0n) is 11.4. The minimum atomic E-state index is -0.150. The highest BCUT2D eigenvalue weighted by Crippen LogP contribution is 2.39. The van der Waals surface area contributed by atoms with Gasteiger partial charge in [-0.2, -0.15) is 0 Å². The number of rotatable bonds is 3. The molecule has 4 rings (SSSR count). The van der Waals surface area contributed by atoms with Gasteiger partial charge in [0.1, 0.15) is 11.6 Å². The average molecular weight is 348 g/mol. The third-order valence-electron chi connectivity index (χ3n) is 3.46. The Kier molecular flexibility index (Phi) is 3.73. The van der Waals surface area contributed by atoms with Gasteiger partial charge in [-0.25, -0.2) is 9.97 Å². The van der Waals surface area contributed by atoms with E-state index in [0.717, 1.165) is 28.0 Å². The fourth-order valence-corrected chi connectivity index (χ4v) is 5.51. The number of aryl methyl sites for hydroxylation is 1. The minimum Gasteiger partial charge on any atom is -0.281 e. The van der Waals surface area contributed by atoms with E-state index in [9.17, 15) is 4.79 Å². The lowest BCUT2D eigenvalue weighted by Crippen LogP contribution is -2.34. The summed E-state index contributed by atoms with van der Waals surface area (Å²) in [6.07, 6.45) is 2.55. The van der Waals surface area contributed by atoms with Gasteiger partial charge in [0.05, 0.1) is 10.2 Å². The molecular formula is C14H12N4OS3. The van der Waals surface area contributed by atoms with Crippen molar-refractivity contribution in [2.24, 2.45) is 0 Å². The van der Waals surface area contributed by atoms with E-state index in [0.29, 0.717) is 5.82 Å². The monoisotopic (exact) mass is 348 g/mol. The first-order valence-corrected chi connectivity index (χ1v) is 9.55. The molecule has 0 aliphatic carbocycles. The maximum atomic E-state index is 12.5. The van der Waals surface area contributed by atoms with Gasteiger partial charge in [0.2, 0.25) is 0 Å². The first-order valence-electron chi connectivity index (χ1n) is 6.75. The van der Waals surface area contributed by atoms with E-state index in [4.69, 9.17) is 0 Å². The summed E-state index contributed by atoms with van der Waals surface area (Å²) < 4.78 is 0.940. The highest BCUT2D eigenvalue weighted by molar-refractivity contribution is 8.00. The van der Waals surface area contributed by atoms with Crippen molar-refractivity contribution in [2.75, 3.05) is 11.2 Å². The Morgan fingerprint density at radius 3 is 3.09 bits per heavy atom. The number of anilines is 1. The van der Waals surface area contributed by atoms with Crippen LogP contribution in [0.1, 0.15) is 15.7 Å². The SMILES string of the molecule is O=C(NNc1ncnc2ccsc12)C1SCCc2sccc21. The molecular weight excluding hydrogens is 336 g/mol. The summed E-state index contributed by atoms with van der Waals surface area (Å²) in [5.74, 6) is 1.58. The number of hydrogen-bond acceptors (Lipinski definition) is 7. The van der Waals surface area contributed by atoms with Crippen molar-refractivity contribution < 1.29 is 4.79 Å². The molecule has 22 heavy (non-hydrogen) atoms. The van der Waals surface area contributed by atoms with E-state index in [-0.39, 0.29) is 11.2 Å². The van der Waals surface area contributed by atoms with Crippen molar-refractivity contribution in [3.8, 4) is 0 Å². The van der Waals surface area contributed by atoms with Gasteiger partial charge in [-0.05, 0) is 40.6 Å². The number of nitrogens with one attached hydrogen (secondary N) is 2. The molecule has 8 heteroatoms. The highest BCUT2D eigenvalue weighted by Gasteiger charge is 2.28. The fraction of sp³-hybridized carbons (Fsp3) is 0.214. The van der Waals surface area contributed by atoms with Crippen LogP contribution in [0.3, 0.4) is 0 Å². The molecule has 1 atom stereocenters. The summed E-state index contributed by atoms with van der Waals surface area (Å²) in [6, 6.07) is 3.99. The van der Waals surface area contributed by atoms with Gasteiger partial charge < -0.3 is 0 Å². The van der Waals surface area contributed by atoms with Crippen LogP contribution < -0.4 is 10.9 Å². The lowest BCUT2D eigenvalue weighted by atomic mass is 10.1. The molecule has 0 saturated heterocycles. The van der Waals surface area contributed by atoms with Crippen LogP contribution in [-0.4, -0.2) is 21.6 Å². The first kappa shape index (κ1) is 14.0. The quantitative estimate of drug-likeness (QED) is 0.712. The zero-order valence-corrected chi connectivity index (χ0v) is 13.9. The van der Waals surface area contributed by atoms with Crippen molar-refractivity contribution in [2.45, 2.75) is 11.7 Å². The smallest absolute Gasteiger partial charge is 0.255 e. The predicted octanol–water partition coefficient (Wildman–Crippen LogP) is 3.23. The molecule has 1 amide bonds. The van der Waals surface area contributed by atoms with Gasteiger partial charge in [0.15, 0.2) is 5.82 Å². The maximum Gasteiger partial charge on any atom is 0.255 e. The molecule has 1 aliphatic heterocycles. The summed E-state index contributed by atoms with van der Waals surface area (Å²) >= 11 is 4.96. The molecule has 5 nitrogen and oxygen atoms in total. The first-order chi connectivity index (χ1) is 10.8. The summed E-state index contributed by atoms with van der Waals surface area (Å²) in [6.45, 7) is 0. The van der Waals surface area contributed by atoms with Crippen molar-refractivity contribution in [3.63, 3.8) is 0 Å². The van der Waals surface area contributed by atoms with Gasteiger partial charge >= 0.3 is 0 Å². The number of aromatic nitrogens is 2. The Morgan fingerprint density at radius 2 is 2.14 bits per heavy atom. The largest absolute Gasteiger partial charge is 0.281 e. The van der Waals surface area contributed by atoms with Crippen LogP contribution in [0.25, 0.3) is 10.2 Å². The van der Waals surface area contributed by atoms with Crippen LogP contribution in [0.15, 0.2) is 29.2 Å². The molecule has 0 saturated carbocycles. The summed E-state index contributed by atoms with van der Waals surface area (Å²) in [4.78, 5) is 22.2. The Hall–Kier alpha value is -1.64. The number of hydrazine groups is 1. The topological polar surface area (TPSA) is 66.9 Å². The Morgan fingerprint density at radius 1 is 1.23 bits per heavy atom. The standard InChI is InChI=1S/C14H12N4OS3/c19-14(11-8-1-4-20-10(8)3-6-21-11)18-17-13-12-9(2-5-22-12)15-7-16-13/h1-2,4-5,7,11H,3,6H2,(H,18,19)(H,15,16,17). The van der Waals surface area contributed by atoms with Gasteiger partial charge in [-0.15, -0.1) is 34.4 Å². The molecule has 0 aromatic carbocycles. The molecule has 1 aliphatic rings. The fourth-order valence-electron chi connectivity index (χ4n) is 2.43. The third kappa shape index (κ3) is 2.47. The number of thioether (sulfide) groups is 1. The van der Waals surface area contributed by atoms with E-state index >= 15 is 0 Å². The van der Waals surface area contributed by atoms with Gasteiger partial charge in [0.25, 0.3) is 5.91 Å². The Balaban J connectivity index is 1.51. The number of carbonyl (C=O) groups is 1. The molecule has 2 N–H and O–H groups in total. The molecule has 0 spiro atoms. The number of thiophene rings is 2. The van der Waals surface area contributed by atoms with Crippen LogP contribution in [0.2, 0.25) is 0 Å². The maximum absolute atomic E-state index is 12.5. The van der Waals surface area contributed by atoms with Crippen LogP contribution in [0.4, 0.5) is 5.82 Å². The normalized spacial score (nSPS) is 17.2. The predicted molar refractivity (Wildman–Crippen MR) is 92.4 cm³/mol. The van der Waals surface area contributed by atoms with Crippen LogP contribution in [0.5, 0.6) is 0 Å². The van der Waals surface area contributed by atoms with Crippen molar-refractivity contribution >= 4 is 56.4 Å². The summed E-state index contributed by atoms with van der Waals surface area (Å²) in [5.41, 5.74) is 7.76. The lowest BCUT2D eigenvalue weighted by Gasteiger charge is -2.21. The van der Waals surface area contributed by atoms with E-state index < -0.39 is 0 Å². The van der Waals surface area contributed by atoms with Crippen molar-refractivity contribution in [1.82, 2.24) is 15.4 Å². The number of nitrogens with zero attached hydrogens (tertiary/aromatic N) is 2. The number of amides is 1. The van der Waals surface area contributed by atoms with Gasteiger partial charge in [-0.1, -0.05) is 0 Å². The van der Waals surface area contributed by atoms with Crippen molar-refractivity contribution in [1.29, 1.82) is 0 Å². The van der Waals surface area contributed by atoms with E-state index in [2.05, 4.69) is 32.3 Å². The van der Waals surface area contributed by atoms with Gasteiger partial charge in [-0.3, -0.25) is 15.6 Å². The van der Waals surface area contributed by atoms with E-state index in [1.54, 1.807) is 34.4 Å².